The third-order valence-corrected chi connectivity index (χ3v) is 4.31. The molecule has 98 valence electrons. The number of halogens is 2. The lowest BCUT2D eigenvalue weighted by Gasteiger charge is -2.05. The molecule has 2 nitrogen and oxygen atoms in total. The van der Waals surface area contributed by atoms with E-state index in [2.05, 4.69) is 22.6 Å². The maximum Gasteiger partial charge on any atom is 0.167 e. The van der Waals surface area contributed by atoms with Crippen LogP contribution in [-0.4, -0.2) is 12.9 Å². The van der Waals surface area contributed by atoms with Crippen LogP contribution in [0.4, 0.5) is 0 Å². The molecule has 2 aromatic carbocycles. The van der Waals surface area contributed by atoms with Gasteiger partial charge < -0.3 is 4.74 Å². The molecule has 0 aliphatic rings. The molecule has 19 heavy (non-hydrogen) atoms. The van der Waals surface area contributed by atoms with Crippen LogP contribution < -0.4 is 4.74 Å². The van der Waals surface area contributed by atoms with Gasteiger partial charge in [0.2, 0.25) is 0 Å². The van der Waals surface area contributed by atoms with Gasteiger partial charge in [-0.05, 0) is 52.4 Å². The highest BCUT2D eigenvalue weighted by Crippen LogP contribution is 2.21. The van der Waals surface area contributed by atoms with Crippen LogP contribution in [0.1, 0.15) is 15.9 Å². The summed E-state index contributed by atoms with van der Waals surface area (Å²) in [7, 11) is 1.61. The zero-order chi connectivity index (χ0) is 13.8. The van der Waals surface area contributed by atoms with Gasteiger partial charge in [0.15, 0.2) is 5.78 Å². The molecule has 0 amide bonds. The highest BCUT2D eigenvalue weighted by Gasteiger charge is 2.09. The number of ketones is 1. The first-order chi connectivity index (χ1) is 9.10. The Morgan fingerprint density at radius 2 is 2.05 bits per heavy atom. The molecule has 2 aromatic rings. The number of rotatable bonds is 4. The van der Waals surface area contributed by atoms with Crippen LogP contribution >= 0.6 is 34.2 Å². The zero-order valence-corrected chi connectivity index (χ0v) is 13.2. The first-order valence-electron chi connectivity index (χ1n) is 5.71. The van der Waals surface area contributed by atoms with E-state index in [9.17, 15) is 4.79 Å². The number of carbonyl (C=O) groups excluding carboxylic acids is 1. The van der Waals surface area contributed by atoms with Gasteiger partial charge in [0.1, 0.15) is 5.75 Å². The van der Waals surface area contributed by atoms with Gasteiger partial charge in [-0.3, -0.25) is 4.79 Å². The summed E-state index contributed by atoms with van der Waals surface area (Å²) in [6, 6.07) is 12.9. The number of carbonyl (C=O) groups is 1. The summed E-state index contributed by atoms with van der Waals surface area (Å²) in [4.78, 5) is 12.2. The molecule has 0 saturated heterocycles. The number of hydrogen-bond donors (Lipinski definition) is 0. The summed E-state index contributed by atoms with van der Waals surface area (Å²) < 4.78 is 6.09. The van der Waals surface area contributed by atoms with Gasteiger partial charge in [-0.1, -0.05) is 29.8 Å². The minimum Gasteiger partial charge on any atom is -0.497 e. The zero-order valence-electron chi connectivity index (χ0n) is 10.3. The molecule has 0 aliphatic carbocycles. The van der Waals surface area contributed by atoms with Crippen LogP contribution in [0.5, 0.6) is 5.75 Å². The summed E-state index contributed by atoms with van der Waals surface area (Å²) in [5.74, 6) is 0.803. The van der Waals surface area contributed by atoms with Gasteiger partial charge in [-0.25, -0.2) is 0 Å². The van der Waals surface area contributed by atoms with Crippen LogP contribution in [0, 0.1) is 3.57 Å². The second-order valence-corrected chi connectivity index (χ2v) is 5.65. The van der Waals surface area contributed by atoms with Crippen molar-refractivity contribution in [2.24, 2.45) is 0 Å². The SMILES string of the molecule is COc1cccc(CC(=O)c2ccc(I)c(Cl)c2)c1. The number of ether oxygens (including phenoxy) is 1. The summed E-state index contributed by atoms with van der Waals surface area (Å²) >= 11 is 8.17. The molecule has 0 unspecified atom stereocenters. The van der Waals surface area contributed by atoms with Gasteiger partial charge in [0, 0.05) is 15.6 Å². The lowest BCUT2D eigenvalue weighted by molar-refractivity contribution is 0.0993. The number of benzene rings is 2. The quantitative estimate of drug-likeness (QED) is 0.576. The summed E-state index contributed by atoms with van der Waals surface area (Å²) in [5.41, 5.74) is 1.56. The Balaban J connectivity index is 2.18. The lowest BCUT2D eigenvalue weighted by Crippen LogP contribution is -2.04. The minimum atomic E-state index is 0.0477. The molecule has 0 spiro atoms. The van der Waals surface area contributed by atoms with E-state index >= 15 is 0 Å². The number of Topliss-reactive ketones (excluding diaryl/α,β-unsaturated/α-hetero) is 1. The Morgan fingerprint density at radius 1 is 1.26 bits per heavy atom. The number of methoxy groups -OCH3 is 1. The van der Waals surface area contributed by atoms with Gasteiger partial charge in [-0.15, -0.1) is 0 Å². The molecule has 0 aromatic heterocycles. The molecule has 0 aliphatic heterocycles. The van der Waals surface area contributed by atoms with Crippen molar-refractivity contribution in [1.82, 2.24) is 0 Å². The number of hydrogen-bond acceptors (Lipinski definition) is 2. The van der Waals surface area contributed by atoms with Crippen molar-refractivity contribution in [1.29, 1.82) is 0 Å². The van der Waals surface area contributed by atoms with E-state index in [4.69, 9.17) is 16.3 Å². The second kappa shape index (κ2) is 6.39. The average Bonchev–Trinajstić information content (AvgIpc) is 2.42. The van der Waals surface area contributed by atoms with E-state index in [1.165, 1.54) is 0 Å². The minimum absolute atomic E-state index is 0.0477. The topological polar surface area (TPSA) is 26.3 Å². The largest absolute Gasteiger partial charge is 0.497 e. The second-order valence-electron chi connectivity index (χ2n) is 4.08. The van der Waals surface area contributed by atoms with E-state index in [-0.39, 0.29) is 5.78 Å². The Bertz CT molecular complexity index is 611. The van der Waals surface area contributed by atoms with Gasteiger partial charge >= 0.3 is 0 Å². The Kier molecular flexibility index (Phi) is 4.82. The predicted octanol–water partition coefficient (Wildman–Crippen LogP) is 4.38. The molecule has 0 saturated carbocycles. The average molecular weight is 387 g/mol. The first kappa shape index (κ1) is 14.3. The van der Waals surface area contributed by atoms with Crippen LogP contribution in [0.3, 0.4) is 0 Å². The molecule has 0 atom stereocenters. The van der Waals surface area contributed by atoms with Gasteiger partial charge in [0.25, 0.3) is 0 Å². The highest BCUT2D eigenvalue weighted by molar-refractivity contribution is 14.1. The van der Waals surface area contributed by atoms with Crippen LogP contribution in [-0.2, 0) is 6.42 Å². The molecular formula is C15H12ClIO2. The maximum absolute atomic E-state index is 12.2. The van der Waals surface area contributed by atoms with Crippen LogP contribution in [0.15, 0.2) is 42.5 Å². The van der Waals surface area contributed by atoms with Gasteiger partial charge in [-0.2, -0.15) is 0 Å². The molecular weight excluding hydrogens is 375 g/mol. The normalized spacial score (nSPS) is 10.3. The Labute approximate surface area is 130 Å². The summed E-state index contributed by atoms with van der Waals surface area (Å²) in [6.45, 7) is 0. The van der Waals surface area contributed by atoms with Gasteiger partial charge in [0.05, 0.1) is 12.1 Å². The third-order valence-electron chi connectivity index (χ3n) is 2.74. The summed E-state index contributed by atoms with van der Waals surface area (Å²) in [6.07, 6.45) is 0.341. The van der Waals surface area contributed by atoms with Crippen molar-refractivity contribution >= 4 is 40.0 Å². The van der Waals surface area contributed by atoms with Crippen molar-refractivity contribution in [3.05, 3.63) is 62.2 Å². The van der Waals surface area contributed by atoms with E-state index in [0.717, 1.165) is 14.9 Å². The van der Waals surface area contributed by atoms with Crippen LogP contribution in [0.2, 0.25) is 5.02 Å². The smallest absolute Gasteiger partial charge is 0.167 e. The fraction of sp³-hybridized carbons (Fsp3) is 0.133. The van der Waals surface area contributed by atoms with E-state index < -0.39 is 0 Å². The summed E-state index contributed by atoms with van der Waals surface area (Å²) in [5, 5.41) is 0.608. The van der Waals surface area contributed by atoms with Crippen molar-refractivity contribution < 1.29 is 9.53 Å². The first-order valence-corrected chi connectivity index (χ1v) is 7.17. The molecule has 0 heterocycles. The molecule has 0 radical (unpaired) electrons. The van der Waals surface area contributed by atoms with Crippen LogP contribution in [0.25, 0.3) is 0 Å². The van der Waals surface area contributed by atoms with E-state index in [0.29, 0.717) is 17.0 Å². The standard InChI is InChI=1S/C15H12ClIO2/c1-19-12-4-2-3-10(7-12)8-15(18)11-5-6-14(17)13(16)9-11/h2-7,9H,8H2,1H3. The van der Waals surface area contributed by atoms with Crippen molar-refractivity contribution in [3.63, 3.8) is 0 Å². The molecule has 0 fully saturated rings. The Hall–Kier alpha value is -1.07. The van der Waals surface area contributed by atoms with Crippen molar-refractivity contribution in [2.75, 3.05) is 7.11 Å². The lowest BCUT2D eigenvalue weighted by atomic mass is 10.0. The fourth-order valence-corrected chi connectivity index (χ4v) is 2.26. The molecule has 2 rings (SSSR count). The highest BCUT2D eigenvalue weighted by atomic mass is 127. The fourth-order valence-electron chi connectivity index (χ4n) is 1.74. The molecule has 0 N–H and O–H groups in total. The maximum atomic E-state index is 12.2. The molecule has 4 heteroatoms. The monoisotopic (exact) mass is 386 g/mol. The third kappa shape index (κ3) is 3.70. The van der Waals surface area contributed by atoms with E-state index in [1.54, 1.807) is 19.2 Å². The predicted molar refractivity (Wildman–Crippen MR) is 85.2 cm³/mol. The van der Waals surface area contributed by atoms with Crippen molar-refractivity contribution in [2.45, 2.75) is 6.42 Å². The molecule has 0 bridgehead atoms. The van der Waals surface area contributed by atoms with E-state index in [1.807, 2.05) is 30.3 Å². The van der Waals surface area contributed by atoms with Crippen molar-refractivity contribution in [3.8, 4) is 5.75 Å². The Morgan fingerprint density at radius 3 is 2.74 bits per heavy atom.